The van der Waals surface area contributed by atoms with Crippen LogP contribution in [0.15, 0.2) is 24.3 Å². The molecule has 0 N–H and O–H groups in total. The van der Waals surface area contributed by atoms with Gasteiger partial charge in [0.15, 0.2) is 0 Å². The Balaban J connectivity index is 2.01. The number of anilines is 1. The van der Waals surface area contributed by atoms with Crippen molar-refractivity contribution >= 4 is 35.0 Å². The zero-order chi connectivity index (χ0) is 18.4. The maximum Gasteiger partial charge on any atom is 0.248 e. The Hall–Kier alpha value is -2.12. The highest BCUT2D eigenvalue weighted by Crippen LogP contribution is 2.21. The average Bonchev–Trinajstić information content (AvgIpc) is 3.00. The molecule has 0 atom stereocenters. The van der Waals surface area contributed by atoms with Gasteiger partial charge in [-0.15, -0.1) is 0 Å². The van der Waals surface area contributed by atoms with Crippen molar-refractivity contribution in [1.29, 1.82) is 0 Å². The maximum absolute atomic E-state index is 12.5. The molecule has 0 aromatic heterocycles. The molecule has 1 aliphatic heterocycles. The SMILES string of the molecule is CCC(=O)N(CCOC)CC(=O)N1CC(=O)N(c2ccc(Cl)cc2)C1. The van der Waals surface area contributed by atoms with Crippen LogP contribution in [0.5, 0.6) is 0 Å². The molecule has 1 heterocycles. The summed E-state index contributed by atoms with van der Waals surface area (Å²) in [5, 5.41) is 0.579. The molecule has 0 radical (unpaired) electrons. The number of carbonyl (C=O) groups excluding carboxylic acids is 3. The molecule has 2 rings (SSSR count). The second kappa shape index (κ2) is 8.82. The van der Waals surface area contributed by atoms with E-state index in [1.807, 2.05) is 0 Å². The molecule has 136 valence electrons. The van der Waals surface area contributed by atoms with Crippen molar-refractivity contribution in [2.45, 2.75) is 13.3 Å². The van der Waals surface area contributed by atoms with Crippen LogP contribution in [-0.4, -0.2) is 67.5 Å². The fraction of sp³-hybridized carbons (Fsp3) is 0.471. The van der Waals surface area contributed by atoms with Crippen LogP contribution in [0.2, 0.25) is 5.02 Å². The van der Waals surface area contributed by atoms with Crippen LogP contribution in [-0.2, 0) is 19.1 Å². The average molecular weight is 368 g/mol. The molecule has 7 nitrogen and oxygen atoms in total. The lowest BCUT2D eigenvalue weighted by atomic mass is 10.3. The molecule has 25 heavy (non-hydrogen) atoms. The van der Waals surface area contributed by atoms with E-state index in [9.17, 15) is 14.4 Å². The van der Waals surface area contributed by atoms with Crippen LogP contribution in [0.4, 0.5) is 5.69 Å². The van der Waals surface area contributed by atoms with E-state index in [0.29, 0.717) is 30.3 Å². The van der Waals surface area contributed by atoms with Crippen LogP contribution >= 0.6 is 11.6 Å². The van der Waals surface area contributed by atoms with E-state index < -0.39 is 0 Å². The number of carbonyl (C=O) groups is 3. The van der Waals surface area contributed by atoms with E-state index in [2.05, 4.69) is 0 Å². The Morgan fingerprint density at radius 3 is 2.56 bits per heavy atom. The monoisotopic (exact) mass is 367 g/mol. The first-order valence-electron chi connectivity index (χ1n) is 8.06. The number of rotatable bonds is 7. The van der Waals surface area contributed by atoms with Crippen LogP contribution in [0.25, 0.3) is 0 Å². The third-order valence-electron chi connectivity index (χ3n) is 3.98. The molecule has 0 bridgehead atoms. The largest absolute Gasteiger partial charge is 0.383 e. The van der Waals surface area contributed by atoms with Gasteiger partial charge in [0, 0.05) is 30.8 Å². The second-order valence-electron chi connectivity index (χ2n) is 5.69. The molecule has 0 spiro atoms. The molecule has 3 amide bonds. The van der Waals surface area contributed by atoms with E-state index in [1.165, 1.54) is 14.7 Å². The van der Waals surface area contributed by atoms with E-state index in [0.717, 1.165) is 0 Å². The normalized spacial score (nSPS) is 14.1. The molecule has 1 aliphatic rings. The first-order valence-corrected chi connectivity index (χ1v) is 8.44. The number of halogens is 1. The number of nitrogens with zero attached hydrogens (tertiary/aromatic N) is 3. The zero-order valence-corrected chi connectivity index (χ0v) is 15.2. The van der Waals surface area contributed by atoms with Gasteiger partial charge in [0.05, 0.1) is 13.2 Å². The van der Waals surface area contributed by atoms with E-state index >= 15 is 0 Å². The highest BCUT2D eigenvalue weighted by molar-refractivity contribution is 6.30. The Labute approximate surface area is 152 Å². The third-order valence-corrected chi connectivity index (χ3v) is 4.23. The number of methoxy groups -OCH3 is 1. The van der Waals surface area contributed by atoms with Crippen LogP contribution in [0.3, 0.4) is 0 Å². The number of hydrogen-bond acceptors (Lipinski definition) is 4. The van der Waals surface area contributed by atoms with Gasteiger partial charge in [-0.3, -0.25) is 19.3 Å². The van der Waals surface area contributed by atoms with Crippen LogP contribution in [0, 0.1) is 0 Å². The second-order valence-corrected chi connectivity index (χ2v) is 6.13. The minimum Gasteiger partial charge on any atom is -0.383 e. The minimum absolute atomic E-state index is 0.000106. The van der Waals surface area contributed by atoms with E-state index in [-0.39, 0.29) is 37.5 Å². The lowest BCUT2D eigenvalue weighted by Crippen LogP contribution is -2.43. The minimum atomic E-state index is -0.261. The first kappa shape index (κ1) is 19.2. The van der Waals surface area contributed by atoms with Crippen molar-refractivity contribution in [1.82, 2.24) is 9.80 Å². The molecule has 1 aromatic carbocycles. The molecular weight excluding hydrogens is 346 g/mol. The van der Waals surface area contributed by atoms with Crippen molar-refractivity contribution in [3.63, 3.8) is 0 Å². The fourth-order valence-corrected chi connectivity index (χ4v) is 2.67. The van der Waals surface area contributed by atoms with Gasteiger partial charge in [0.2, 0.25) is 17.7 Å². The summed E-state index contributed by atoms with van der Waals surface area (Å²) in [6.07, 6.45) is 0.312. The van der Waals surface area contributed by atoms with Crippen molar-refractivity contribution in [3.05, 3.63) is 29.3 Å². The Morgan fingerprint density at radius 1 is 1.28 bits per heavy atom. The molecule has 0 saturated carbocycles. The molecular formula is C17H22ClN3O4. The van der Waals surface area contributed by atoms with Crippen molar-refractivity contribution in [3.8, 4) is 0 Å². The summed E-state index contributed by atoms with van der Waals surface area (Å²) in [4.78, 5) is 41.1. The predicted octanol–water partition coefficient (Wildman–Crippen LogP) is 1.36. The number of amides is 3. The highest BCUT2D eigenvalue weighted by Gasteiger charge is 2.32. The van der Waals surface area contributed by atoms with Gasteiger partial charge in [-0.1, -0.05) is 18.5 Å². The highest BCUT2D eigenvalue weighted by atomic mass is 35.5. The smallest absolute Gasteiger partial charge is 0.248 e. The summed E-state index contributed by atoms with van der Waals surface area (Å²) in [7, 11) is 1.54. The maximum atomic E-state index is 12.5. The van der Waals surface area contributed by atoms with Gasteiger partial charge in [0.25, 0.3) is 0 Å². The first-order chi connectivity index (χ1) is 12.0. The van der Waals surface area contributed by atoms with Gasteiger partial charge >= 0.3 is 0 Å². The molecule has 1 aromatic rings. The summed E-state index contributed by atoms with van der Waals surface area (Å²) >= 11 is 5.86. The van der Waals surface area contributed by atoms with Gasteiger partial charge in [0.1, 0.15) is 13.2 Å². The van der Waals surface area contributed by atoms with Crippen LogP contribution < -0.4 is 4.90 Å². The van der Waals surface area contributed by atoms with Crippen LogP contribution in [0.1, 0.15) is 13.3 Å². The summed E-state index contributed by atoms with van der Waals surface area (Å²) in [6.45, 7) is 2.55. The number of ether oxygens (including phenoxy) is 1. The third kappa shape index (κ3) is 4.93. The molecule has 1 saturated heterocycles. The Kier molecular flexibility index (Phi) is 6.78. The standard InChI is InChI=1S/C17H22ClN3O4/c1-3-15(22)19(8-9-25-2)10-16(23)20-11-17(24)21(12-20)14-6-4-13(18)5-7-14/h4-7H,3,8-12H2,1-2H3. The fourth-order valence-electron chi connectivity index (χ4n) is 2.54. The number of hydrogen-bond donors (Lipinski definition) is 0. The van der Waals surface area contributed by atoms with Gasteiger partial charge in [-0.25, -0.2) is 0 Å². The summed E-state index contributed by atoms with van der Waals surface area (Å²) < 4.78 is 4.98. The number of benzene rings is 1. The lowest BCUT2D eigenvalue weighted by molar-refractivity contribution is -0.140. The Morgan fingerprint density at radius 2 is 1.96 bits per heavy atom. The topological polar surface area (TPSA) is 70.2 Å². The zero-order valence-electron chi connectivity index (χ0n) is 14.4. The summed E-state index contributed by atoms with van der Waals surface area (Å²) in [5.74, 6) is -0.547. The molecule has 1 fully saturated rings. The van der Waals surface area contributed by atoms with Crippen molar-refractivity contribution < 1.29 is 19.1 Å². The van der Waals surface area contributed by atoms with E-state index in [1.54, 1.807) is 38.3 Å². The molecule has 0 aliphatic carbocycles. The molecule has 8 heteroatoms. The van der Waals surface area contributed by atoms with Gasteiger partial charge in [-0.05, 0) is 24.3 Å². The molecule has 0 unspecified atom stereocenters. The van der Waals surface area contributed by atoms with Crippen molar-refractivity contribution in [2.75, 3.05) is 44.9 Å². The predicted molar refractivity (Wildman–Crippen MR) is 94.3 cm³/mol. The summed E-state index contributed by atoms with van der Waals surface area (Å²) in [6, 6.07) is 6.86. The van der Waals surface area contributed by atoms with Crippen molar-refractivity contribution in [2.24, 2.45) is 0 Å². The lowest BCUT2D eigenvalue weighted by Gasteiger charge is -2.24. The van der Waals surface area contributed by atoms with Gasteiger partial charge < -0.3 is 14.5 Å². The van der Waals surface area contributed by atoms with Gasteiger partial charge in [-0.2, -0.15) is 0 Å². The summed E-state index contributed by atoms with van der Waals surface area (Å²) in [5.41, 5.74) is 0.686. The quantitative estimate of drug-likeness (QED) is 0.729. The Bertz CT molecular complexity index is 635. The van der Waals surface area contributed by atoms with E-state index in [4.69, 9.17) is 16.3 Å².